The summed E-state index contributed by atoms with van der Waals surface area (Å²) < 4.78 is 30.0. The maximum Gasteiger partial charge on any atom is 0.249 e. The molecule has 2 aromatic rings. The van der Waals surface area contributed by atoms with Gasteiger partial charge >= 0.3 is 0 Å². The van der Waals surface area contributed by atoms with E-state index in [0.29, 0.717) is 42.8 Å². The van der Waals surface area contributed by atoms with Gasteiger partial charge in [0.25, 0.3) is 0 Å². The second-order valence-corrected chi connectivity index (χ2v) is 7.98. The largest absolute Gasteiger partial charge is 0.381 e. The molecule has 7 nitrogen and oxygen atoms in total. The number of amides is 1. The van der Waals surface area contributed by atoms with E-state index in [2.05, 4.69) is 10.1 Å². The number of carbonyl (C=O) groups excluding carboxylic acids is 1. The normalized spacial score (nSPS) is 20.0. The maximum absolute atomic E-state index is 13.4. The first-order chi connectivity index (χ1) is 14.7. The van der Waals surface area contributed by atoms with Crippen molar-refractivity contribution in [2.75, 3.05) is 33.0 Å². The molecule has 2 saturated heterocycles. The van der Waals surface area contributed by atoms with Gasteiger partial charge in [0.1, 0.15) is 11.9 Å². The topological polar surface area (TPSA) is 77.7 Å². The number of nitrogens with zero attached hydrogens (tertiary/aromatic N) is 3. The van der Waals surface area contributed by atoms with Crippen LogP contribution in [0.25, 0.3) is 0 Å². The fourth-order valence-electron chi connectivity index (χ4n) is 4.08. The van der Waals surface area contributed by atoms with Crippen molar-refractivity contribution in [3.63, 3.8) is 0 Å². The molecule has 0 spiro atoms. The number of benzene rings is 1. The summed E-state index contributed by atoms with van der Waals surface area (Å²) in [6.07, 6.45) is 4.51. The fraction of sp³-hybridized carbons (Fsp3) is 0.591. The van der Waals surface area contributed by atoms with Gasteiger partial charge in [-0.05, 0) is 49.3 Å². The summed E-state index contributed by atoms with van der Waals surface area (Å²) in [4.78, 5) is 19.0. The van der Waals surface area contributed by atoms with E-state index in [1.54, 1.807) is 17.0 Å². The minimum Gasteiger partial charge on any atom is -0.381 e. The lowest BCUT2D eigenvalue weighted by Crippen LogP contribution is -2.32. The van der Waals surface area contributed by atoms with E-state index in [-0.39, 0.29) is 24.2 Å². The Bertz CT molecular complexity index is 837. The Morgan fingerprint density at radius 1 is 1.27 bits per heavy atom. The Balaban J connectivity index is 1.27. The lowest BCUT2D eigenvalue weighted by molar-refractivity contribution is -0.131. The van der Waals surface area contributed by atoms with Gasteiger partial charge in [0.2, 0.25) is 11.8 Å². The molecule has 162 valence electrons. The standard InChI is InChI=1S/C22H28FN3O4/c23-18-4-1-3-17(13-18)14-21(27)26-9-2-5-19(26)22-24-20(25-30-22)8-12-29-15-16-6-10-28-11-7-16/h1,3-4,13,16,19H,2,5-12,14-15H2. The van der Waals surface area contributed by atoms with Gasteiger partial charge in [-0.2, -0.15) is 4.98 Å². The molecule has 3 heterocycles. The Morgan fingerprint density at radius 2 is 2.13 bits per heavy atom. The number of hydrogen-bond donors (Lipinski definition) is 0. The fourth-order valence-corrected chi connectivity index (χ4v) is 4.08. The molecule has 1 unspecified atom stereocenters. The molecular weight excluding hydrogens is 389 g/mol. The summed E-state index contributed by atoms with van der Waals surface area (Å²) in [6.45, 7) is 3.56. The van der Waals surface area contributed by atoms with E-state index in [4.69, 9.17) is 14.0 Å². The molecule has 1 atom stereocenters. The van der Waals surface area contributed by atoms with Gasteiger partial charge in [-0.3, -0.25) is 4.79 Å². The predicted octanol–water partition coefficient (Wildman–Crippen LogP) is 3.10. The second kappa shape index (κ2) is 10.1. The van der Waals surface area contributed by atoms with Crippen LogP contribution in [-0.4, -0.2) is 53.9 Å². The van der Waals surface area contributed by atoms with Crippen molar-refractivity contribution in [3.8, 4) is 0 Å². The first-order valence-corrected chi connectivity index (χ1v) is 10.7. The first kappa shape index (κ1) is 20.9. The minimum absolute atomic E-state index is 0.0531. The van der Waals surface area contributed by atoms with Gasteiger partial charge in [-0.15, -0.1) is 0 Å². The average molecular weight is 417 g/mol. The predicted molar refractivity (Wildman–Crippen MR) is 106 cm³/mol. The third-order valence-electron chi connectivity index (χ3n) is 5.75. The van der Waals surface area contributed by atoms with Gasteiger partial charge in [0.05, 0.1) is 13.0 Å². The molecule has 0 radical (unpaired) electrons. The van der Waals surface area contributed by atoms with Crippen LogP contribution < -0.4 is 0 Å². The van der Waals surface area contributed by atoms with Gasteiger partial charge in [0.15, 0.2) is 5.82 Å². The molecule has 0 N–H and O–H groups in total. The van der Waals surface area contributed by atoms with Crippen LogP contribution in [-0.2, 0) is 27.1 Å². The van der Waals surface area contributed by atoms with Crippen LogP contribution >= 0.6 is 0 Å². The highest BCUT2D eigenvalue weighted by Gasteiger charge is 2.33. The van der Waals surface area contributed by atoms with Crippen LogP contribution in [0.2, 0.25) is 0 Å². The molecule has 1 aromatic heterocycles. The minimum atomic E-state index is -0.334. The average Bonchev–Trinajstić information content (AvgIpc) is 3.41. The molecule has 0 aliphatic carbocycles. The molecule has 4 rings (SSSR count). The van der Waals surface area contributed by atoms with Crippen molar-refractivity contribution in [1.29, 1.82) is 0 Å². The number of aromatic nitrogens is 2. The van der Waals surface area contributed by atoms with Crippen molar-refractivity contribution in [1.82, 2.24) is 15.0 Å². The number of rotatable bonds is 8. The van der Waals surface area contributed by atoms with Crippen molar-refractivity contribution in [2.24, 2.45) is 5.92 Å². The Kier molecular flexibility index (Phi) is 7.07. The van der Waals surface area contributed by atoms with E-state index in [1.165, 1.54) is 12.1 Å². The third kappa shape index (κ3) is 5.43. The van der Waals surface area contributed by atoms with Crippen LogP contribution in [0, 0.1) is 11.7 Å². The molecule has 0 saturated carbocycles. The monoisotopic (exact) mass is 417 g/mol. The highest BCUT2D eigenvalue weighted by Crippen LogP contribution is 2.31. The lowest BCUT2D eigenvalue weighted by atomic mass is 10.0. The summed E-state index contributed by atoms with van der Waals surface area (Å²) in [6, 6.07) is 5.94. The lowest BCUT2D eigenvalue weighted by Gasteiger charge is -2.22. The van der Waals surface area contributed by atoms with Crippen molar-refractivity contribution < 1.29 is 23.2 Å². The number of hydrogen-bond acceptors (Lipinski definition) is 6. The molecule has 2 aliphatic rings. The summed E-state index contributed by atoms with van der Waals surface area (Å²) in [5, 5.41) is 4.06. The molecule has 1 aromatic carbocycles. The van der Waals surface area contributed by atoms with Crippen LogP contribution in [0.3, 0.4) is 0 Å². The van der Waals surface area contributed by atoms with Crippen molar-refractivity contribution >= 4 is 5.91 Å². The van der Waals surface area contributed by atoms with Crippen molar-refractivity contribution in [2.45, 2.75) is 44.6 Å². The van der Waals surface area contributed by atoms with Gasteiger partial charge in [-0.1, -0.05) is 17.3 Å². The van der Waals surface area contributed by atoms with Gasteiger partial charge in [0, 0.05) is 32.8 Å². The summed E-state index contributed by atoms with van der Waals surface area (Å²) in [5.41, 5.74) is 0.665. The van der Waals surface area contributed by atoms with Gasteiger partial charge < -0.3 is 18.9 Å². The molecule has 2 aliphatic heterocycles. The van der Waals surface area contributed by atoms with E-state index in [9.17, 15) is 9.18 Å². The van der Waals surface area contributed by atoms with Crippen LogP contribution in [0.4, 0.5) is 4.39 Å². The van der Waals surface area contributed by atoms with Crippen LogP contribution in [0.5, 0.6) is 0 Å². The molecule has 2 fully saturated rings. The quantitative estimate of drug-likeness (QED) is 0.614. The highest BCUT2D eigenvalue weighted by atomic mass is 19.1. The number of halogens is 1. The first-order valence-electron chi connectivity index (χ1n) is 10.7. The van der Waals surface area contributed by atoms with E-state index in [0.717, 1.165) is 45.5 Å². The highest BCUT2D eigenvalue weighted by molar-refractivity contribution is 5.79. The maximum atomic E-state index is 13.4. The molecule has 8 heteroatoms. The van der Waals surface area contributed by atoms with E-state index in [1.807, 2.05) is 0 Å². The summed E-state index contributed by atoms with van der Waals surface area (Å²) in [5.74, 6) is 1.25. The molecule has 1 amide bonds. The smallest absolute Gasteiger partial charge is 0.249 e. The zero-order valence-electron chi connectivity index (χ0n) is 17.1. The summed E-state index contributed by atoms with van der Waals surface area (Å²) >= 11 is 0. The molecule has 0 bridgehead atoms. The van der Waals surface area contributed by atoms with Crippen LogP contribution in [0.1, 0.15) is 49.0 Å². The molecular formula is C22H28FN3O4. The van der Waals surface area contributed by atoms with Gasteiger partial charge in [-0.25, -0.2) is 4.39 Å². The van der Waals surface area contributed by atoms with Crippen LogP contribution in [0.15, 0.2) is 28.8 Å². The Labute approximate surface area is 175 Å². The zero-order valence-corrected chi connectivity index (χ0v) is 17.1. The second-order valence-electron chi connectivity index (χ2n) is 7.98. The summed E-state index contributed by atoms with van der Waals surface area (Å²) in [7, 11) is 0. The number of likely N-dealkylation sites (tertiary alicyclic amines) is 1. The van der Waals surface area contributed by atoms with E-state index < -0.39 is 0 Å². The number of ether oxygens (including phenoxy) is 2. The SMILES string of the molecule is O=C(Cc1cccc(F)c1)N1CCCC1c1nc(CCOCC2CCOCC2)no1. The zero-order chi connectivity index (χ0) is 20.8. The molecule has 30 heavy (non-hydrogen) atoms. The third-order valence-corrected chi connectivity index (χ3v) is 5.75. The van der Waals surface area contributed by atoms with E-state index >= 15 is 0 Å². The Hall–Kier alpha value is -2.32. The Morgan fingerprint density at radius 3 is 2.97 bits per heavy atom. The number of carbonyl (C=O) groups is 1. The van der Waals surface area contributed by atoms with Crippen molar-refractivity contribution in [3.05, 3.63) is 47.4 Å².